The van der Waals surface area contributed by atoms with Crippen molar-refractivity contribution >= 4 is 24.2 Å². The van der Waals surface area contributed by atoms with Crippen molar-refractivity contribution in [1.82, 2.24) is 0 Å². The number of benzene rings is 2. The van der Waals surface area contributed by atoms with Gasteiger partial charge in [0.15, 0.2) is 0 Å². The van der Waals surface area contributed by atoms with E-state index in [2.05, 4.69) is 0 Å². The maximum atomic E-state index is 14.3. The minimum absolute atomic E-state index is 0.181. The third kappa shape index (κ3) is 5.13. The summed E-state index contributed by atoms with van der Waals surface area (Å²) in [4.78, 5) is 40.3. The fraction of sp³-hybridized carbons (Fsp3) is 0.296. The van der Waals surface area contributed by atoms with Crippen LogP contribution in [0.2, 0.25) is 0 Å². The summed E-state index contributed by atoms with van der Waals surface area (Å²) in [5.41, 5.74) is 3.10. The predicted octanol–water partition coefficient (Wildman–Crippen LogP) is 6.22. The number of carbonyl (C=O) groups is 3. The van der Waals surface area contributed by atoms with Crippen LogP contribution in [-0.2, 0) is 20.7 Å². The lowest BCUT2D eigenvalue weighted by Crippen LogP contribution is -2.22. The molecule has 0 bridgehead atoms. The molecule has 0 spiro atoms. The lowest BCUT2D eigenvalue weighted by molar-refractivity contribution is -0.142. The second-order valence-electron chi connectivity index (χ2n) is 8.80. The molecule has 0 saturated heterocycles. The molecule has 0 unspecified atom stereocenters. The van der Waals surface area contributed by atoms with Crippen LogP contribution in [0.15, 0.2) is 47.1 Å². The number of carbonyl (C=O) groups excluding carboxylic acids is 3. The van der Waals surface area contributed by atoms with Crippen LogP contribution in [0.3, 0.4) is 0 Å². The molecular formula is C27H29O6P. The lowest BCUT2D eigenvalue weighted by atomic mass is 10.0. The Morgan fingerprint density at radius 2 is 1.24 bits per heavy atom. The van der Waals surface area contributed by atoms with Crippen molar-refractivity contribution in [2.24, 2.45) is 0 Å². The van der Waals surface area contributed by atoms with Crippen molar-refractivity contribution in [2.75, 3.05) is 6.16 Å². The Hall–Kier alpha value is -3.24. The summed E-state index contributed by atoms with van der Waals surface area (Å²) in [5.74, 6) is -0.498. The van der Waals surface area contributed by atoms with E-state index in [1.807, 2.05) is 13.8 Å². The SMILES string of the molecule is Cc1cc(C)c(C(=O)P(=O)(CC(=O)OCc2ccco2)C(=O)c2c(C)cc(C)cc2C)c(C)c1. The summed E-state index contributed by atoms with van der Waals surface area (Å²) in [6, 6.07) is 10.5. The second-order valence-corrected chi connectivity index (χ2v) is 11.4. The van der Waals surface area contributed by atoms with Crippen molar-refractivity contribution < 1.29 is 28.1 Å². The molecule has 0 aliphatic heterocycles. The molecule has 1 heterocycles. The molecule has 0 radical (unpaired) electrons. The Balaban J connectivity index is 2.07. The number of furan rings is 1. The van der Waals surface area contributed by atoms with Crippen LogP contribution in [0.4, 0.5) is 0 Å². The maximum Gasteiger partial charge on any atom is 0.314 e. The highest BCUT2D eigenvalue weighted by Crippen LogP contribution is 2.53. The number of aryl methyl sites for hydroxylation is 6. The molecule has 34 heavy (non-hydrogen) atoms. The van der Waals surface area contributed by atoms with Gasteiger partial charge in [-0.25, -0.2) is 0 Å². The Bertz CT molecular complexity index is 1200. The van der Waals surface area contributed by atoms with E-state index in [9.17, 15) is 18.9 Å². The first kappa shape index (κ1) is 25.4. The van der Waals surface area contributed by atoms with Gasteiger partial charge in [0, 0.05) is 11.1 Å². The standard InChI is InChI=1S/C27H29O6P/c1-16-10-18(3)24(19(4)11-16)26(29)34(31,15-23(28)33-14-22-8-7-9-32-22)27(30)25-20(5)12-17(2)13-21(25)6/h7-13H,14-15H2,1-6H3. The zero-order chi connectivity index (χ0) is 25.2. The smallest absolute Gasteiger partial charge is 0.314 e. The number of hydrogen-bond donors (Lipinski definition) is 0. The van der Waals surface area contributed by atoms with E-state index in [1.165, 1.54) is 6.26 Å². The summed E-state index contributed by atoms with van der Waals surface area (Å²) >= 11 is 0. The minimum atomic E-state index is -4.43. The first-order valence-corrected chi connectivity index (χ1v) is 12.9. The predicted molar refractivity (Wildman–Crippen MR) is 131 cm³/mol. The summed E-state index contributed by atoms with van der Waals surface area (Å²) in [5, 5.41) is 0. The lowest BCUT2D eigenvalue weighted by Gasteiger charge is -2.20. The fourth-order valence-corrected chi connectivity index (χ4v) is 6.76. The Morgan fingerprint density at radius 3 is 1.62 bits per heavy atom. The molecule has 0 aliphatic carbocycles. The quantitative estimate of drug-likeness (QED) is 0.281. The van der Waals surface area contributed by atoms with Crippen LogP contribution >= 0.6 is 7.14 Å². The normalized spacial score (nSPS) is 11.4. The molecule has 7 heteroatoms. The van der Waals surface area contributed by atoms with Crippen LogP contribution in [0, 0.1) is 41.5 Å². The molecule has 6 nitrogen and oxygen atoms in total. The molecule has 3 rings (SSSR count). The zero-order valence-electron chi connectivity index (χ0n) is 20.4. The first-order chi connectivity index (χ1) is 15.9. The van der Waals surface area contributed by atoms with Crippen LogP contribution in [0.1, 0.15) is 59.9 Å². The highest BCUT2D eigenvalue weighted by molar-refractivity contribution is 7.96. The minimum Gasteiger partial charge on any atom is -0.466 e. The van der Waals surface area contributed by atoms with Gasteiger partial charge in [0.2, 0.25) is 18.2 Å². The van der Waals surface area contributed by atoms with E-state index in [1.54, 1.807) is 64.1 Å². The molecule has 0 atom stereocenters. The average Bonchev–Trinajstić information content (AvgIpc) is 3.24. The van der Waals surface area contributed by atoms with Crippen LogP contribution in [-0.4, -0.2) is 23.2 Å². The Labute approximate surface area is 199 Å². The number of ether oxygens (including phenoxy) is 1. The topological polar surface area (TPSA) is 90.7 Å². The van der Waals surface area contributed by atoms with Crippen molar-refractivity contribution in [1.29, 1.82) is 0 Å². The van der Waals surface area contributed by atoms with E-state index in [4.69, 9.17) is 9.15 Å². The van der Waals surface area contributed by atoms with Crippen LogP contribution in [0.25, 0.3) is 0 Å². The largest absolute Gasteiger partial charge is 0.466 e. The van der Waals surface area contributed by atoms with Gasteiger partial charge in [-0.05, 0) is 75.9 Å². The van der Waals surface area contributed by atoms with E-state index in [-0.39, 0.29) is 17.7 Å². The van der Waals surface area contributed by atoms with Gasteiger partial charge in [-0.15, -0.1) is 0 Å². The molecule has 3 aromatic rings. The van der Waals surface area contributed by atoms with Crippen LogP contribution in [0.5, 0.6) is 0 Å². The molecule has 0 N–H and O–H groups in total. The van der Waals surface area contributed by atoms with Crippen molar-refractivity contribution in [3.8, 4) is 0 Å². The van der Waals surface area contributed by atoms with Gasteiger partial charge in [0.05, 0.1) is 6.26 Å². The molecular weight excluding hydrogens is 451 g/mol. The third-order valence-electron chi connectivity index (χ3n) is 5.75. The van der Waals surface area contributed by atoms with Gasteiger partial charge in [-0.3, -0.25) is 14.4 Å². The molecule has 2 aromatic carbocycles. The van der Waals surface area contributed by atoms with Crippen molar-refractivity contribution in [2.45, 2.75) is 48.1 Å². The fourth-order valence-electron chi connectivity index (χ4n) is 4.41. The summed E-state index contributed by atoms with van der Waals surface area (Å²) in [7, 11) is -4.43. The zero-order valence-corrected chi connectivity index (χ0v) is 21.2. The number of hydrogen-bond acceptors (Lipinski definition) is 6. The number of rotatable bonds is 8. The van der Waals surface area contributed by atoms with Crippen molar-refractivity contribution in [3.63, 3.8) is 0 Å². The van der Waals surface area contributed by atoms with Crippen molar-refractivity contribution in [3.05, 3.63) is 92.9 Å². The van der Waals surface area contributed by atoms with E-state index < -0.39 is 30.3 Å². The van der Waals surface area contributed by atoms with Gasteiger partial charge in [0.25, 0.3) is 0 Å². The molecule has 0 amide bonds. The molecule has 1 aromatic heterocycles. The second kappa shape index (κ2) is 9.94. The van der Waals surface area contributed by atoms with E-state index in [0.29, 0.717) is 28.0 Å². The summed E-state index contributed by atoms with van der Waals surface area (Å²) < 4.78 is 24.7. The molecule has 178 valence electrons. The van der Waals surface area contributed by atoms with Gasteiger partial charge >= 0.3 is 5.97 Å². The molecule has 0 aliphatic rings. The highest BCUT2D eigenvalue weighted by atomic mass is 31.2. The Morgan fingerprint density at radius 1 is 0.794 bits per heavy atom. The summed E-state index contributed by atoms with van der Waals surface area (Å²) in [6.45, 7) is 10.5. The monoisotopic (exact) mass is 480 g/mol. The maximum absolute atomic E-state index is 14.3. The average molecular weight is 480 g/mol. The van der Waals surface area contributed by atoms with Gasteiger partial charge < -0.3 is 13.7 Å². The van der Waals surface area contributed by atoms with Gasteiger partial charge in [-0.2, -0.15) is 0 Å². The van der Waals surface area contributed by atoms with Gasteiger partial charge in [-0.1, -0.05) is 35.4 Å². The number of esters is 1. The first-order valence-electron chi connectivity index (χ1n) is 11.0. The molecule has 0 fully saturated rings. The third-order valence-corrected chi connectivity index (χ3v) is 8.21. The van der Waals surface area contributed by atoms with E-state index in [0.717, 1.165) is 11.1 Å². The van der Waals surface area contributed by atoms with Crippen LogP contribution < -0.4 is 0 Å². The molecule has 0 saturated carbocycles. The summed E-state index contributed by atoms with van der Waals surface area (Å²) in [6.07, 6.45) is 0.623. The van der Waals surface area contributed by atoms with Gasteiger partial charge in [0.1, 0.15) is 18.5 Å². The highest BCUT2D eigenvalue weighted by Gasteiger charge is 2.45. The van der Waals surface area contributed by atoms with E-state index >= 15 is 0 Å². The Kier molecular flexibility index (Phi) is 7.42.